The van der Waals surface area contributed by atoms with Crippen molar-refractivity contribution < 1.29 is 14.3 Å². The molecule has 0 saturated heterocycles. The molecule has 2 aliphatic rings. The lowest BCUT2D eigenvalue weighted by atomic mass is 9.87. The normalized spacial score (nSPS) is 17.4. The molecule has 6 nitrogen and oxygen atoms in total. The third kappa shape index (κ3) is 6.09. The summed E-state index contributed by atoms with van der Waals surface area (Å²) in [6, 6.07) is 16.4. The number of thiazole rings is 1. The number of aromatic nitrogens is 1. The molecule has 200 valence electrons. The summed E-state index contributed by atoms with van der Waals surface area (Å²) in [6.45, 7) is 5.96. The maximum Gasteiger partial charge on any atom is 0.270 e. The minimum atomic E-state index is -0.139. The fourth-order valence-electron chi connectivity index (χ4n) is 5.51. The number of fused-ring (bicyclic) bond motifs is 1. The Kier molecular flexibility index (Phi) is 8.42. The van der Waals surface area contributed by atoms with Crippen molar-refractivity contribution in [3.05, 3.63) is 81.3 Å². The first-order valence-electron chi connectivity index (χ1n) is 13.8. The van der Waals surface area contributed by atoms with Crippen LogP contribution in [0.3, 0.4) is 0 Å². The van der Waals surface area contributed by atoms with Gasteiger partial charge in [0.15, 0.2) is 0 Å². The second kappa shape index (κ2) is 12.1. The third-order valence-corrected chi connectivity index (χ3v) is 8.42. The van der Waals surface area contributed by atoms with Crippen LogP contribution in [-0.2, 0) is 17.8 Å². The van der Waals surface area contributed by atoms with E-state index < -0.39 is 0 Å². The molecular weight excluding hydrogens is 494 g/mol. The lowest BCUT2D eigenvalue weighted by Gasteiger charge is -2.39. The molecule has 1 aromatic heterocycles. The standard InChI is InChI=1S/C31H37N3O3S/c1-21(2)14-16-32-30(35)27-20-38-28(33-27)19-37-25-13-12-22-15-17-34(31(36)24-10-6-7-11-24)29(26(22)18-25)23-8-4-3-5-9-23/h3-5,8-9,12-13,18,20-21,24,29H,6-7,10-11,14-17,19H2,1-2H3,(H,32,35)/t29-/m0/s1. The minimum absolute atomic E-state index is 0.113. The van der Waals surface area contributed by atoms with E-state index in [4.69, 9.17) is 4.74 Å². The number of benzene rings is 2. The van der Waals surface area contributed by atoms with Crippen molar-refractivity contribution in [2.75, 3.05) is 13.1 Å². The Bertz CT molecular complexity index is 1250. The highest BCUT2D eigenvalue weighted by Crippen LogP contribution is 2.39. The maximum absolute atomic E-state index is 13.6. The predicted molar refractivity (Wildman–Crippen MR) is 150 cm³/mol. The van der Waals surface area contributed by atoms with Crippen LogP contribution in [0.5, 0.6) is 5.75 Å². The highest BCUT2D eigenvalue weighted by molar-refractivity contribution is 7.09. The molecule has 0 radical (unpaired) electrons. The number of hydrogen-bond acceptors (Lipinski definition) is 5. The van der Waals surface area contributed by atoms with E-state index in [-0.39, 0.29) is 23.8 Å². The molecule has 3 aromatic rings. The van der Waals surface area contributed by atoms with Gasteiger partial charge >= 0.3 is 0 Å². The molecule has 1 saturated carbocycles. The molecule has 1 aliphatic heterocycles. The number of nitrogens with one attached hydrogen (secondary N) is 1. The molecule has 7 heteroatoms. The zero-order valence-corrected chi connectivity index (χ0v) is 23.1. The predicted octanol–water partition coefficient (Wildman–Crippen LogP) is 6.16. The summed E-state index contributed by atoms with van der Waals surface area (Å²) in [6.07, 6.45) is 6.08. The van der Waals surface area contributed by atoms with Crippen LogP contribution in [0, 0.1) is 11.8 Å². The van der Waals surface area contributed by atoms with Crippen LogP contribution >= 0.6 is 11.3 Å². The molecule has 38 heavy (non-hydrogen) atoms. The number of amides is 2. The van der Waals surface area contributed by atoms with E-state index >= 15 is 0 Å². The molecule has 1 aliphatic carbocycles. The van der Waals surface area contributed by atoms with E-state index in [1.54, 1.807) is 5.38 Å². The first-order chi connectivity index (χ1) is 18.5. The van der Waals surface area contributed by atoms with Gasteiger partial charge in [-0.15, -0.1) is 11.3 Å². The fourth-order valence-corrected chi connectivity index (χ4v) is 6.20. The molecule has 2 amide bonds. The van der Waals surface area contributed by atoms with E-state index in [9.17, 15) is 9.59 Å². The van der Waals surface area contributed by atoms with Crippen LogP contribution in [0.25, 0.3) is 0 Å². The Balaban J connectivity index is 1.32. The number of rotatable bonds is 9. The summed E-state index contributed by atoms with van der Waals surface area (Å²) in [5, 5.41) is 5.48. The minimum Gasteiger partial charge on any atom is -0.486 e. The van der Waals surface area contributed by atoms with E-state index in [1.165, 1.54) is 16.9 Å². The molecule has 2 aromatic carbocycles. The largest absolute Gasteiger partial charge is 0.486 e. The van der Waals surface area contributed by atoms with E-state index in [0.29, 0.717) is 24.8 Å². The summed E-state index contributed by atoms with van der Waals surface area (Å²) in [5.74, 6) is 1.58. The highest BCUT2D eigenvalue weighted by Gasteiger charge is 2.36. The van der Waals surface area contributed by atoms with E-state index in [1.807, 2.05) is 24.3 Å². The summed E-state index contributed by atoms with van der Waals surface area (Å²) >= 11 is 1.43. The van der Waals surface area contributed by atoms with Crippen LogP contribution in [0.1, 0.15) is 84.2 Å². The number of nitrogens with zero attached hydrogens (tertiary/aromatic N) is 2. The average Bonchev–Trinajstić information content (AvgIpc) is 3.64. The second-order valence-electron chi connectivity index (χ2n) is 10.8. The molecule has 5 rings (SSSR count). The van der Waals surface area contributed by atoms with Gasteiger partial charge in [-0.2, -0.15) is 0 Å². The smallest absolute Gasteiger partial charge is 0.270 e. The molecule has 1 fully saturated rings. The van der Waals surface area contributed by atoms with Crippen molar-refractivity contribution in [1.29, 1.82) is 0 Å². The molecular formula is C31H37N3O3S. The molecule has 1 N–H and O–H groups in total. The lowest BCUT2D eigenvalue weighted by Crippen LogP contribution is -2.43. The van der Waals surface area contributed by atoms with Crippen LogP contribution in [0.4, 0.5) is 0 Å². The van der Waals surface area contributed by atoms with Gasteiger partial charge in [-0.1, -0.05) is 63.1 Å². The zero-order valence-electron chi connectivity index (χ0n) is 22.3. The molecule has 1 atom stereocenters. The summed E-state index contributed by atoms with van der Waals surface area (Å²) < 4.78 is 6.16. The Morgan fingerprint density at radius 3 is 2.68 bits per heavy atom. The van der Waals surface area contributed by atoms with Crippen LogP contribution < -0.4 is 10.1 Å². The third-order valence-electron chi connectivity index (χ3n) is 7.60. The van der Waals surface area contributed by atoms with E-state index in [0.717, 1.165) is 67.0 Å². The molecule has 0 unspecified atom stereocenters. The van der Waals surface area contributed by atoms with Crippen molar-refractivity contribution in [3.8, 4) is 5.75 Å². The number of carbonyl (C=O) groups is 2. The summed E-state index contributed by atoms with van der Waals surface area (Å²) in [7, 11) is 0. The maximum atomic E-state index is 13.6. The Morgan fingerprint density at radius 1 is 1.13 bits per heavy atom. The zero-order chi connectivity index (χ0) is 26.5. The van der Waals surface area contributed by atoms with Crippen LogP contribution in [0.2, 0.25) is 0 Å². The Morgan fingerprint density at radius 2 is 1.92 bits per heavy atom. The van der Waals surface area contributed by atoms with Gasteiger partial charge < -0.3 is 15.0 Å². The summed E-state index contributed by atoms with van der Waals surface area (Å²) in [4.78, 5) is 32.6. The Labute approximate surface area is 229 Å². The Hall–Kier alpha value is -3.19. The molecule has 0 bridgehead atoms. The number of carbonyl (C=O) groups excluding carboxylic acids is 2. The monoisotopic (exact) mass is 531 g/mol. The molecule has 2 heterocycles. The van der Waals surface area contributed by atoms with Gasteiger partial charge in [0.25, 0.3) is 5.91 Å². The quantitative estimate of drug-likeness (QED) is 0.359. The lowest BCUT2D eigenvalue weighted by molar-refractivity contribution is -0.137. The van der Waals surface area contributed by atoms with Gasteiger partial charge in [0, 0.05) is 24.4 Å². The van der Waals surface area contributed by atoms with Gasteiger partial charge in [0.2, 0.25) is 5.91 Å². The number of ether oxygens (including phenoxy) is 1. The van der Waals surface area contributed by atoms with Gasteiger partial charge in [-0.3, -0.25) is 9.59 Å². The van der Waals surface area contributed by atoms with Crippen LogP contribution in [-0.4, -0.2) is 34.8 Å². The van der Waals surface area contributed by atoms with Crippen molar-refractivity contribution in [3.63, 3.8) is 0 Å². The highest BCUT2D eigenvalue weighted by atomic mass is 32.1. The van der Waals surface area contributed by atoms with Crippen molar-refractivity contribution in [1.82, 2.24) is 15.2 Å². The average molecular weight is 532 g/mol. The topological polar surface area (TPSA) is 71.5 Å². The van der Waals surface area contributed by atoms with Gasteiger partial charge in [0.05, 0.1) is 6.04 Å². The number of hydrogen-bond donors (Lipinski definition) is 1. The first kappa shape index (κ1) is 26.4. The van der Waals surface area contributed by atoms with Gasteiger partial charge in [-0.25, -0.2) is 4.98 Å². The van der Waals surface area contributed by atoms with Gasteiger partial charge in [0.1, 0.15) is 23.1 Å². The van der Waals surface area contributed by atoms with Crippen molar-refractivity contribution >= 4 is 23.2 Å². The van der Waals surface area contributed by atoms with E-state index in [2.05, 4.69) is 53.3 Å². The van der Waals surface area contributed by atoms with Crippen molar-refractivity contribution in [2.45, 2.75) is 65.0 Å². The SMILES string of the molecule is CC(C)CCNC(=O)c1csc(COc2ccc3c(c2)[C@H](c2ccccc2)N(C(=O)C2CCCC2)CC3)n1. The fraction of sp³-hybridized carbons (Fsp3) is 0.452. The summed E-state index contributed by atoms with van der Waals surface area (Å²) in [5.41, 5.74) is 3.96. The van der Waals surface area contributed by atoms with Gasteiger partial charge in [-0.05, 0) is 60.4 Å². The second-order valence-corrected chi connectivity index (χ2v) is 11.7. The van der Waals surface area contributed by atoms with Crippen LogP contribution in [0.15, 0.2) is 53.9 Å². The molecule has 0 spiro atoms. The first-order valence-corrected chi connectivity index (χ1v) is 14.7. The van der Waals surface area contributed by atoms with Crippen molar-refractivity contribution in [2.24, 2.45) is 11.8 Å².